The summed E-state index contributed by atoms with van der Waals surface area (Å²) >= 11 is 0. The molecule has 0 aliphatic rings. The lowest BCUT2D eigenvalue weighted by Gasteiger charge is -2.08. The van der Waals surface area contributed by atoms with E-state index in [9.17, 15) is 4.79 Å². The zero-order chi connectivity index (χ0) is 10.4. The van der Waals surface area contributed by atoms with Crippen LogP contribution in [-0.2, 0) is 11.3 Å². The van der Waals surface area contributed by atoms with Crippen molar-refractivity contribution in [1.82, 2.24) is 15.3 Å². The molecule has 1 aromatic heterocycles. The average molecular weight is 194 g/mol. The van der Waals surface area contributed by atoms with Crippen LogP contribution in [0.3, 0.4) is 0 Å². The molecule has 1 aromatic rings. The van der Waals surface area contributed by atoms with E-state index in [1.807, 2.05) is 6.92 Å². The molecular formula is C9H14N4O. The molecule has 76 valence electrons. The molecule has 0 fully saturated rings. The second-order valence-corrected chi connectivity index (χ2v) is 2.93. The van der Waals surface area contributed by atoms with Crippen LogP contribution in [0, 0.1) is 0 Å². The molecule has 1 amide bonds. The van der Waals surface area contributed by atoms with Crippen molar-refractivity contribution in [2.45, 2.75) is 25.9 Å². The lowest BCUT2D eigenvalue weighted by molar-refractivity contribution is -0.122. The molecule has 14 heavy (non-hydrogen) atoms. The highest BCUT2D eigenvalue weighted by Gasteiger charge is 2.09. The zero-order valence-corrected chi connectivity index (χ0v) is 8.10. The maximum absolute atomic E-state index is 11.3. The monoisotopic (exact) mass is 194 g/mol. The topological polar surface area (TPSA) is 80.9 Å². The SMILES string of the molecule is CC[C@H](N)C(=O)NCc1ccncn1. The van der Waals surface area contributed by atoms with Gasteiger partial charge in [-0.15, -0.1) is 0 Å². The van der Waals surface area contributed by atoms with Crippen molar-refractivity contribution < 1.29 is 4.79 Å². The fourth-order valence-electron chi connectivity index (χ4n) is 0.917. The smallest absolute Gasteiger partial charge is 0.237 e. The van der Waals surface area contributed by atoms with E-state index < -0.39 is 6.04 Å². The molecule has 1 heterocycles. The van der Waals surface area contributed by atoms with Gasteiger partial charge in [-0.25, -0.2) is 9.97 Å². The van der Waals surface area contributed by atoms with E-state index in [1.165, 1.54) is 6.33 Å². The number of rotatable bonds is 4. The molecule has 5 heteroatoms. The molecule has 0 aliphatic heterocycles. The summed E-state index contributed by atoms with van der Waals surface area (Å²) in [6, 6.07) is 1.31. The van der Waals surface area contributed by atoms with Crippen LogP contribution in [0.25, 0.3) is 0 Å². The first-order valence-corrected chi connectivity index (χ1v) is 4.52. The molecule has 0 aromatic carbocycles. The van der Waals surface area contributed by atoms with Crippen LogP contribution in [0.4, 0.5) is 0 Å². The van der Waals surface area contributed by atoms with E-state index in [0.29, 0.717) is 13.0 Å². The van der Waals surface area contributed by atoms with Gasteiger partial charge >= 0.3 is 0 Å². The van der Waals surface area contributed by atoms with Crippen molar-refractivity contribution in [3.8, 4) is 0 Å². The Bertz CT molecular complexity index is 288. The van der Waals surface area contributed by atoms with E-state index in [-0.39, 0.29) is 5.91 Å². The number of nitrogens with one attached hydrogen (secondary N) is 1. The van der Waals surface area contributed by atoms with Gasteiger partial charge < -0.3 is 11.1 Å². The molecule has 1 atom stereocenters. The predicted molar refractivity (Wildman–Crippen MR) is 52.1 cm³/mol. The van der Waals surface area contributed by atoms with Gasteiger partial charge in [-0.1, -0.05) is 6.92 Å². The highest BCUT2D eigenvalue weighted by molar-refractivity contribution is 5.81. The number of carbonyl (C=O) groups is 1. The summed E-state index contributed by atoms with van der Waals surface area (Å²) in [6.45, 7) is 2.27. The van der Waals surface area contributed by atoms with Crippen molar-refractivity contribution >= 4 is 5.91 Å². The third-order valence-corrected chi connectivity index (χ3v) is 1.86. The first kappa shape index (κ1) is 10.6. The number of hydrogen-bond acceptors (Lipinski definition) is 4. The maximum Gasteiger partial charge on any atom is 0.237 e. The van der Waals surface area contributed by atoms with E-state index in [2.05, 4.69) is 15.3 Å². The van der Waals surface area contributed by atoms with Crippen molar-refractivity contribution in [2.75, 3.05) is 0 Å². The quantitative estimate of drug-likeness (QED) is 0.697. The lowest BCUT2D eigenvalue weighted by atomic mass is 10.2. The summed E-state index contributed by atoms with van der Waals surface area (Å²) in [5.74, 6) is -0.147. The number of carbonyl (C=O) groups excluding carboxylic acids is 1. The molecule has 0 saturated carbocycles. The lowest BCUT2D eigenvalue weighted by Crippen LogP contribution is -2.39. The number of amides is 1. The molecule has 0 bridgehead atoms. The number of nitrogens with two attached hydrogens (primary N) is 1. The summed E-state index contributed by atoms with van der Waals surface area (Å²) in [7, 11) is 0. The van der Waals surface area contributed by atoms with Crippen LogP contribution in [-0.4, -0.2) is 21.9 Å². The van der Waals surface area contributed by atoms with Crippen molar-refractivity contribution in [3.63, 3.8) is 0 Å². The molecule has 0 radical (unpaired) electrons. The van der Waals surface area contributed by atoms with E-state index in [1.54, 1.807) is 12.3 Å². The Morgan fingerprint density at radius 3 is 3.07 bits per heavy atom. The molecular weight excluding hydrogens is 180 g/mol. The highest BCUT2D eigenvalue weighted by Crippen LogP contribution is 1.91. The Hall–Kier alpha value is -1.49. The second kappa shape index (κ2) is 5.29. The summed E-state index contributed by atoms with van der Waals surface area (Å²) in [4.78, 5) is 19.0. The van der Waals surface area contributed by atoms with Crippen LogP contribution in [0.1, 0.15) is 19.0 Å². The first-order chi connectivity index (χ1) is 6.74. The average Bonchev–Trinajstić information content (AvgIpc) is 2.26. The van der Waals surface area contributed by atoms with Gasteiger partial charge in [-0.2, -0.15) is 0 Å². The number of nitrogens with zero attached hydrogens (tertiary/aromatic N) is 2. The van der Waals surface area contributed by atoms with Gasteiger partial charge in [-0.3, -0.25) is 4.79 Å². The predicted octanol–water partition coefficient (Wildman–Crippen LogP) is -0.170. The maximum atomic E-state index is 11.3. The van der Waals surface area contributed by atoms with Gasteiger partial charge in [0.1, 0.15) is 6.33 Å². The number of aromatic nitrogens is 2. The van der Waals surface area contributed by atoms with E-state index >= 15 is 0 Å². The van der Waals surface area contributed by atoms with Gasteiger partial charge in [-0.05, 0) is 12.5 Å². The van der Waals surface area contributed by atoms with Gasteiger partial charge in [0, 0.05) is 6.20 Å². The van der Waals surface area contributed by atoms with Crippen molar-refractivity contribution in [2.24, 2.45) is 5.73 Å². The summed E-state index contributed by atoms with van der Waals surface area (Å²) < 4.78 is 0. The molecule has 5 nitrogen and oxygen atoms in total. The Labute approximate surface area is 82.7 Å². The Morgan fingerprint density at radius 2 is 2.50 bits per heavy atom. The van der Waals surface area contributed by atoms with Crippen molar-refractivity contribution in [3.05, 3.63) is 24.3 Å². The van der Waals surface area contributed by atoms with Crippen molar-refractivity contribution in [1.29, 1.82) is 0 Å². The summed E-state index contributed by atoms with van der Waals surface area (Å²) in [5.41, 5.74) is 6.31. The second-order valence-electron chi connectivity index (χ2n) is 2.93. The van der Waals surface area contributed by atoms with Crippen LogP contribution in [0.2, 0.25) is 0 Å². The van der Waals surface area contributed by atoms with E-state index in [0.717, 1.165) is 5.69 Å². The summed E-state index contributed by atoms with van der Waals surface area (Å²) in [6.07, 6.45) is 3.71. The molecule has 0 saturated heterocycles. The first-order valence-electron chi connectivity index (χ1n) is 4.52. The van der Waals surface area contributed by atoms with Gasteiger partial charge in [0.25, 0.3) is 0 Å². The molecule has 1 rings (SSSR count). The highest BCUT2D eigenvalue weighted by atomic mass is 16.2. The fourth-order valence-corrected chi connectivity index (χ4v) is 0.917. The molecule has 3 N–H and O–H groups in total. The minimum Gasteiger partial charge on any atom is -0.349 e. The minimum absolute atomic E-state index is 0.147. The zero-order valence-electron chi connectivity index (χ0n) is 8.10. The van der Waals surface area contributed by atoms with Gasteiger partial charge in [0.05, 0.1) is 18.3 Å². The fraction of sp³-hybridized carbons (Fsp3) is 0.444. The Morgan fingerprint density at radius 1 is 1.71 bits per heavy atom. The molecule has 0 spiro atoms. The largest absolute Gasteiger partial charge is 0.349 e. The minimum atomic E-state index is -0.433. The third kappa shape index (κ3) is 3.10. The third-order valence-electron chi connectivity index (χ3n) is 1.86. The Balaban J connectivity index is 2.38. The normalized spacial score (nSPS) is 12.1. The number of hydrogen-bond donors (Lipinski definition) is 2. The van der Waals surface area contributed by atoms with Crippen LogP contribution >= 0.6 is 0 Å². The van der Waals surface area contributed by atoms with Crippen LogP contribution < -0.4 is 11.1 Å². The molecule has 0 aliphatic carbocycles. The van der Waals surface area contributed by atoms with Crippen LogP contribution in [0.5, 0.6) is 0 Å². The van der Waals surface area contributed by atoms with E-state index in [4.69, 9.17) is 5.73 Å². The Kier molecular flexibility index (Phi) is 4.00. The van der Waals surface area contributed by atoms with Crippen LogP contribution in [0.15, 0.2) is 18.6 Å². The standard InChI is InChI=1S/C9H14N4O/c1-2-8(10)9(14)12-5-7-3-4-11-6-13-7/h3-4,6,8H,2,5,10H2,1H3,(H,12,14)/t8-/m0/s1. The van der Waals surface area contributed by atoms with Gasteiger partial charge in [0.15, 0.2) is 0 Å². The van der Waals surface area contributed by atoms with Gasteiger partial charge in [0.2, 0.25) is 5.91 Å². The molecule has 0 unspecified atom stereocenters. The summed E-state index contributed by atoms with van der Waals surface area (Å²) in [5, 5.41) is 2.70.